The van der Waals surface area contributed by atoms with Crippen molar-refractivity contribution in [1.82, 2.24) is 0 Å². The highest BCUT2D eigenvalue weighted by atomic mass is 16.6. The van der Waals surface area contributed by atoms with Gasteiger partial charge in [-0.05, 0) is 37.0 Å². The predicted molar refractivity (Wildman–Crippen MR) is 191 cm³/mol. The molecule has 0 heterocycles. The van der Waals surface area contributed by atoms with Crippen molar-refractivity contribution >= 4 is 5.97 Å². The van der Waals surface area contributed by atoms with E-state index in [1.54, 1.807) is 0 Å². The minimum atomic E-state index is -0.157. The summed E-state index contributed by atoms with van der Waals surface area (Å²) in [5.74, 6) is 0.727. The van der Waals surface area contributed by atoms with Gasteiger partial charge in [0.25, 0.3) is 0 Å². The largest absolute Gasteiger partial charge is 0.491 e. The van der Waals surface area contributed by atoms with Crippen molar-refractivity contribution < 1.29 is 52.2 Å². The molecule has 0 aliphatic rings. The minimum absolute atomic E-state index is 0.157. The average molecular weight is 701 g/mol. The van der Waals surface area contributed by atoms with E-state index in [2.05, 4.69) is 26.0 Å². The van der Waals surface area contributed by atoms with Gasteiger partial charge in [-0.15, -0.1) is 0 Å². The van der Waals surface area contributed by atoms with Gasteiger partial charge in [0.15, 0.2) is 0 Å². The van der Waals surface area contributed by atoms with Crippen molar-refractivity contribution in [3.05, 3.63) is 29.8 Å². The molecule has 49 heavy (non-hydrogen) atoms. The van der Waals surface area contributed by atoms with Crippen LogP contribution >= 0.6 is 0 Å². The van der Waals surface area contributed by atoms with E-state index < -0.39 is 0 Å². The molecule has 0 saturated heterocycles. The number of carbonyl (C=O) groups excluding carboxylic acids is 1. The summed E-state index contributed by atoms with van der Waals surface area (Å²) in [6.45, 7) is 13.1. The van der Waals surface area contributed by atoms with Crippen LogP contribution in [0.1, 0.15) is 83.6 Å². The number of unbranched alkanes of at least 4 members (excludes halogenated alkanes) is 7. The van der Waals surface area contributed by atoms with Gasteiger partial charge >= 0.3 is 5.97 Å². The smallest absolute Gasteiger partial charge is 0.305 e. The van der Waals surface area contributed by atoms with Crippen LogP contribution in [0.2, 0.25) is 0 Å². The zero-order valence-electron chi connectivity index (χ0n) is 30.8. The Labute approximate surface area is 296 Å². The Morgan fingerprint density at radius 1 is 0.429 bits per heavy atom. The molecule has 0 saturated carbocycles. The van der Waals surface area contributed by atoms with Crippen molar-refractivity contribution in [2.75, 3.05) is 119 Å². The lowest BCUT2D eigenvalue weighted by atomic mass is 10.0. The van der Waals surface area contributed by atoms with Gasteiger partial charge in [-0.1, -0.05) is 70.9 Å². The molecule has 0 atom stereocenters. The molecular formula is C38H68O11. The number of ether oxygens (including phenoxy) is 10. The minimum Gasteiger partial charge on any atom is -0.491 e. The maximum absolute atomic E-state index is 11.5. The van der Waals surface area contributed by atoms with Gasteiger partial charge in [-0.3, -0.25) is 4.79 Å². The Balaban J connectivity index is 1.70. The Kier molecular flexibility index (Phi) is 34.5. The first-order valence-electron chi connectivity index (χ1n) is 18.8. The van der Waals surface area contributed by atoms with Gasteiger partial charge in [-0.2, -0.15) is 0 Å². The van der Waals surface area contributed by atoms with E-state index in [4.69, 9.17) is 47.4 Å². The van der Waals surface area contributed by atoms with Crippen molar-refractivity contribution in [2.24, 2.45) is 0 Å². The normalized spacial score (nSPS) is 11.3. The molecule has 11 heteroatoms. The second kappa shape index (κ2) is 37.4. The SMILES string of the molecule is CCCCCCCCc1ccc(OCCOCCOCCOCCOCCOCCOCCOCCOCCOC(=O)CCCCC)cc1. The van der Waals surface area contributed by atoms with Crippen LogP contribution in [0.25, 0.3) is 0 Å². The van der Waals surface area contributed by atoms with Gasteiger partial charge in [-0.25, -0.2) is 0 Å². The van der Waals surface area contributed by atoms with Crippen LogP contribution in [0.3, 0.4) is 0 Å². The Morgan fingerprint density at radius 2 is 0.796 bits per heavy atom. The summed E-state index contributed by atoms with van der Waals surface area (Å²) in [4.78, 5) is 11.5. The summed E-state index contributed by atoms with van der Waals surface area (Å²) >= 11 is 0. The molecule has 1 aromatic rings. The standard InChI is InChI=1S/C38H68O11/c1-3-5-7-8-9-11-12-36-14-16-37(17-15-36)48-34-32-46-30-28-44-26-24-42-22-20-40-18-19-41-21-23-43-25-27-45-29-31-47-33-35-49-38(39)13-10-6-4-2/h14-17H,3-13,18-35H2,1-2H3. The lowest BCUT2D eigenvalue weighted by Gasteiger charge is -2.09. The molecule has 0 bridgehead atoms. The number of carbonyl (C=O) groups is 1. The van der Waals surface area contributed by atoms with Crippen LogP contribution in [0.15, 0.2) is 24.3 Å². The van der Waals surface area contributed by atoms with Crippen LogP contribution in [-0.2, 0) is 53.8 Å². The van der Waals surface area contributed by atoms with E-state index in [9.17, 15) is 4.79 Å². The number of rotatable bonds is 39. The molecule has 286 valence electrons. The fourth-order valence-corrected chi connectivity index (χ4v) is 4.53. The van der Waals surface area contributed by atoms with E-state index in [0.717, 1.165) is 31.4 Å². The van der Waals surface area contributed by atoms with Crippen LogP contribution in [0.4, 0.5) is 0 Å². The van der Waals surface area contributed by atoms with E-state index in [1.165, 1.54) is 44.1 Å². The number of hydrogen-bond acceptors (Lipinski definition) is 11. The molecule has 0 spiro atoms. The van der Waals surface area contributed by atoms with Gasteiger partial charge in [0.05, 0.1) is 106 Å². The Bertz CT molecular complexity index is 809. The van der Waals surface area contributed by atoms with Crippen LogP contribution < -0.4 is 4.74 Å². The molecule has 0 aromatic heterocycles. The summed E-state index contributed by atoms with van der Waals surface area (Å²) in [5.41, 5.74) is 1.38. The third-order valence-corrected chi connectivity index (χ3v) is 7.32. The first-order valence-corrected chi connectivity index (χ1v) is 18.8. The lowest BCUT2D eigenvalue weighted by Crippen LogP contribution is -2.15. The lowest BCUT2D eigenvalue weighted by molar-refractivity contribution is -0.145. The van der Waals surface area contributed by atoms with E-state index in [1.807, 2.05) is 12.1 Å². The number of benzene rings is 1. The third kappa shape index (κ3) is 33.1. The first kappa shape index (κ1) is 45.2. The Hall–Kier alpha value is -1.83. The number of aryl methyl sites for hydroxylation is 1. The molecule has 0 amide bonds. The highest BCUT2D eigenvalue weighted by Crippen LogP contribution is 2.15. The molecule has 0 radical (unpaired) electrons. The van der Waals surface area contributed by atoms with E-state index in [0.29, 0.717) is 119 Å². The third-order valence-electron chi connectivity index (χ3n) is 7.32. The molecule has 1 aromatic carbocycles. The van der Waals surface area contributed by atoms with E-state index >= 15 is 0 Å². The summed E-state index contributed by atoms with van der Waals surface area (Å²) in [7, 11) is 0. The van der Waals surface area contributed by atoms with Crippen molar-refractivity contribution in [1.29, 1.82) is 0 Å². The maximum Gasteiger partial charge on any atom is 0.305 e. The number of hydrogen-bond donors (Lipinski definition) is 0. The van der Waals surface area contributed by atoms with Crippen LogP contribution in [0, 0.1) is 0 Å². The molecule has 0 aliphatic carbocycles. The fraction of sp³-hybridized carbons (Fsp3) is 0.816. The van der Waals surface area contributed by atoms with E-state index in [-0.39, 0.29) is 12.6 Å². The number of esters is 1. The molecule has 1 rings (SSSR count). The highest BCUT2D eigenvalue weighted by Gasteiger charge is 2.02. The zero-order chi connectivity index (χ0) is 35.1. The summed E-state index contributed by atoms with van der Waals surface area (Å²) in [6.07, 6.45) is 12.6. The van der Waals surface area contributed by atoms with Gasteiger partial charge in [0, 0.05) is 6.42 Å². The topological polar surface area (TPSA) is 109 Å². The van der Waals surface area contributed by atoms with Crippen LogP contribution in [0.5, 0.6) is 5.75 Å². The second-order valence-electron chi connectivity index (χ2n) is 11.6. The summed E-state index contributed by atoms with van der Waals surface area (Å²) in [6, 6.07) is 8.43. The summed E-state index contributed by atoms with van der Waals surface area (Å²) < 4.78 is 54.8. The summed E-state index contributed by atoms with van der Waals surface area (Å²) in [5, 5.41) is 0. The van der Waals surface area contributed by atoms with Gasteiger partial charge in [0.1, 0.15) is 19.0 Å². The van der Waals surface area contributed by atoms with Crippen molar-refractivity contribution in [3.63, 3.8) is 0 Å². The monoisotopic (exact) mass is 700 g/mol. The molecule has 0 N–H and O–H groups in total. The molecule has 11 nitrogen and oxygen atoms in total. The predicted octanol–water partition coefficient (Wildman–Crippen LogP) is 6.22. The molecule has 0 aliphatic heterocycles. The molecule has 0 fully saturated rings. The molecule has 0 unspecified atom stereocenters. The second-order valence-corrected chi connectivity index (χ2v) is 11.6. The highest BCUT2D eigenvalue weighted by molar-refractivity contribution is 5.69. The van der Waals surface area contributed by atoms with Gasteiger partial charge in [0.2, 0.25) is 0 Å². The quantitative estimate of drug-likeness (QED) is 0.0577. The molecular weight excluding hydrogens is 632 g/mol. The fourth-order valence-electron chi connectivity index (χ4n) is 4.53. The Morgan fingerprint density at radius 3 is 1.24 bits per heavy atom. The van der Waals surface area contributed by atoms with Crippen molar-refractivity contribution in [3.8, 4) is 5.75 Å². The van der Waals surface area contributed by atoms with Gasteiger partial charge < -0.3 is 47.4 Å². The maximum atomic E-state index is 11.5. The van der Waals surface area contributed by atoms with Crippen molar-refractivity contribution in [2.45, 2.75) is 84.5 Å². The average Bonchev–Trinajstić information content (AvgIpc) is 3.11. The van der Waals surface area contributed by atoms with Crippen LogP contribution in [-0.4, -0.2) is 125 Å². The first-order chi connectivity index (χ1) is 24.3. The zero-order valence-corrected chi connectivity index (χ0v) is 30.8.